The second-order valence-corrected chi connectivity index (χ2v) is 5.22. The van der Waals surface area contributed by atoms with Crippen molar-refractivity contribution in [2.24, 2.45) is 5.73 Å². The predicted octanol–water partition coefficient (Wildman–Crippen LogP) is 2.73. The Kier molecular flexibility index (Phi) is 4.80. The predicted molar refractivity (Wildman–Crippen MR) is 78.2 cm³/mol. The van der Waals surface area contributed by atoms with Crippen LogP contribution in [0.3, 0.4) is 0 Å². The SMILES string of the molecule is Cc1cccc(NC(=O)N(CCCN)C2CCC2)c1. The highest BCUT2D eigenvalue weighted by atomic mass is 16.2. The van der Waals surface area contributed by atoms with Crippen LogP contribution in [0, 0.1) is 6.92 Å². The second-order valence-electron chi connectivity index (χ2n) is 5.22. The van der Waals surface area contributed by atoms with E-state index < -0.39 is 0 Å². The summed E-state index contributed by atoms with van der Waals surface area (Å²) < 4.78 is 0. The van der Waals surface area contributed by atoms with Gasteiger partial charge < -0.3 is 16.0 Å². The maximum Gasteiger partial charge on any atom is 0.322 e. The third-order valence-electron chi connectivity index (χ3n) is 3.65. The fourth-order valence-corrected chi connectivity index (χ4v) is 2.33. The molecule has 19 heavy (non-hydrogen) atoms. The number of nitrogens with two attached hydrogens (primary N) is 1. The zero-order chi connectivity index (χ0) is 13.7. The van der Waals surface area contributed by atoms with Gasteiger partial charge in [-0.15, -0.1) is 0 Å². The number of nitrogens with one attached hydrogen (secondary N) is 1. The van der Waals surface area contributed by atoms with Gasteiger partial charge >= 0.3 is 6.03 Å². The molecule has 4 nitrogen and oxygen atoms in total. The molecule has 0 aromatic heterocycles. The zero-order valence-corrected chi connectivity index (χ0v) is 11.6. The van der Waals surface area contributed by atoms with Crippen LogP contribution in [0.25, 0.3) is 0 Å². The van der Waals surface area contributed by atoms with Crippen molar-refractivity contribution in [3.05, 3.63) is 29.8 Å². The molecule has 0 saturated heterocycles. The summed E-state index contributed by atoms with van der Waals surface area (Å²) in [7, 11) is 0. The van der Waals surface area contributed by atoms with E-state index in [1.165, 1.54) is 6.42 Å². The molecule has 0 aliphatic heterocycles. The van der Waals surface area contributed by atoms with Crippen LogP contribution < -0.4 is 11.1 Å². The lowest BCUT2D eigenvalue weighted by molar-refractivity contribution is 0.148. The Hall–Kier alpha value is -1.55. The lowest BCUT2D eigenvalue weighted by atomic mass is 9.91. The highest BCUT2D eigenvalue weighted by Crippen LogP contribution is 2.25. The standard InChI is InChI=1S/C15H23N3O/c1-12-5-2-6-13(11-12)17-15(19)18(10-4-9-16)14-7-3-8-14/h2,5-6,11,14H,3-4,7-10,16H2,1H3,(H,17,19). The second kappa shape index (κ2) is 6.57. The lowest BCUT2D eigenvalue weighted by Gasteiger charge is -2.37. The van der Waals surface area contributed by atoms with Crippen LogP contribution in [0.1, 0.15) is 31.2 Å². The lowest BCUT2D eigenvalue weighted by Crippen LogP contribution is -2.47. The highest BCUT2D eigenvalue weighted by Gasteiger charge is 2.28. The van der Waals surface area contributed by atoms with E-state index in [0.29, 0.717) is 12.6 Å². The first-order valence-electron chi connectivity index (χ1n) is 7.05. The number of anilines is 1. The van der Waals surface area contributed by atoms with Gasteiger partial charge in [0.15, 0.2) is 0 Å². The molecule has 0 radical (unpaired) electrons. The van der Waals surface area contributed by atoms with Crippen LogP contribution in [-0.2, 0) is 0 Å². The smallest absolute Gasteiger partial charge is 0.322 e. The van der Waals surface area contributed by atoms with Crippen molar-refractivity contribution in [1.82, 2.24) is 4.90 Å². The number of carbonyl (C=O) groups excluding carboxylic acids is 1. The van der Waals surface area contributed by atoms with Crippen LogP contribution in [0.15, 0.2) is 24.3 Å². The molecule has 0 bridgehead atoms. The number of hydrogen-bond donors (Lipinski definition) is 2. The summed E-state index contributed by atoms with van der Waals surface area (Å²) in [5.41, 5.74) is 7.56. The minimum absolute atomic E-state index is 0.00347. The van der Waals surface area contributed by atoms with Gasteiger partial charge in [0.2, 0.25) is 0 Å². The van der Waals surface area contributed by atoms with E-state index in [1.807, 2.05) is 36.1 Å². The summed E-state index contributed by atoms with van der Waals surface area (Å²) in [5.74, 6) is 0. The Morgan fingerprint density at radius 3 is 2.84 bits per heavy atom. The summed E-state index contributed by atoms with van der Waals surface area (Å²) in [4.78, 5) is 14.3. The van der Waals surface area contributed by atoms with Crippen LogP contribution in [0.5, 0.6) is 0 Å². The molecule has 104 valence electrons. The number of amides is 2. The van der Waals surface area contributed by atoms with E-state index in [-0.39, 0.29) is 6.03 Å². The molecular formula is C15H23N3O. The maximum atomic E-state index is 12.3. The van der Waals surface area contributed by atoms with Crippen molar-refractivity contribution < 1.29 is 4.79 Å². The molecule has 1 fully saturated rings. The molecule has 3 N–H and O–H groups in total. The number of hydrogen-bond acceptors (Lipinski definition) is 2. The van der Waals surface area contributed by atoms with E-state index >= 15 is 0 Å². The quantitative estimate of drug-likeness (QED) is 0.856. The van der Waals surface area contributed by atoms with Gasteiger partial charge in [0.05, 0.1) is 0 Å². The molecule has 1 aromatic carbocycles. The maximum absolute atomic E-state index is 12.3. The van der Waals surface area contributed by atoms with Gasteiger partial charge in [-0.2, -0.15) is 0 Å². The fourth-order valence-electron chi connectivity index (χ4n) is 2.33. The molecule has 1 saturated carbocycles. The van der Waals surface area contributed by atoms with E-state index in [0.717, 1.165) is 37.1 Å². The van der Waals surface area contributed by atoms with Crippen molar-refractivity contribution in [3.8, 4) is 0 Å². The van der Waals surface area contributed by atoms with Gasteiger partial charge in [0.25, 0.3) is 0 Å². The van der Waals surface area contributed by atoms with Gasteiger partial charge in [-0.05, 0) is 56.8 Å². The number of benzene rings is 1. The van der Waals surface area contributed by atoms with Crippen molar-refractivity contribution in [2.45, 2.75) is 38.6 Å². The largest absolute Gasteiger partial charge is 0.330 e. The van der Waals surface area contributed by atoms with Gasteiger partial charge in [0, 0.05) is 18.3 Å². The first kappa shape index (κ1) is 13.9. The molecule has 1 aliphatic rings. The summed E-state index contributed by atoms with van der Waals surface area (Å²) in [6, 6.07) is 8.29. The third-order valence-corrected chi connectivity index (χ3v) is 3.65. The molecule has 1 aromatic rings. The Morgan fingerprint density at radius 1 is 1.47 bits per heavy atom. The van der Waals surface area contributed by atoms with Crippen molar-refractivity contribution in [2.75, 3.05) is 18.4 Å². The zero-order valence-electron chi connectivity index (χ0n) is 11.6. The molecule has 2 amide bonds. The number of urea groups is 1. The fraction of sp³-hybridized carbons (Fsp3) is 0.533. The van der Waals surface area contributed by atoms with E-state index in [9.17, 15) is 4.79 Å². The van der Waals surface area contributed by atoms with Gasteiger partial charge in [-0.25, -0.2) is 4.79 Å². The number of nitrogens with zero attached hydrogens (tertiary/aromatic N) is 1. The van der Waals surface area contributed by atoms with Crippen molar-refractivity contribution in [1.29, 1.82) is 0 Å². The van der Waals surface area contributed by atoms with E-state index in [1.54, 1.807) is 0 Å². The Balaban J connectivity index is 1.98. The van der Waals surface area contributed by atoms with Crippen LogP contribution >= 0.6 is 0 Å². The summed E-state index contributed by atoms with van der Waals surface area (Å²) in [6.07, 6.45) is 4.32. The average molecular weight is 261 g/mol. The first-order chi connectivity index (χ1) is 9.20. The first-order valence-corrected chi connectivity index (χ1v) is 7.05. The van der Waals surface area contributed by atoms with Crippen LogP contribution in [0.2, 0.25) is 0 Å². The summed E-state index contributed by atoms with van der Waals surface area (Å²) >= 11 is 0. The van der Waals surface area contributed by atoms with Gasteiger partial charge in [0.1, 0.15) is 0 Å². The third kappa shape index (κ3) is 3.70. The molecular weight excluding hydrogens is 238 g/mol. The topological polar surface area (TPSA) is 58.4 Å². The monoisotopic (exact) mass is 261 g/mol. The average Bonchev–Trinajstić information content (AvgIpc) is 2.31. The summed E-state index contributed by atoms with van der Waals surface area (Å²) in [6.45, 7) is 3.40. The Bertz CT molecular complexity index is 429. The van der Waals surface area contributed by atoms with Crippen LogP contribution in [-0.4, -0.2) is 30.1 Å². The molecule has 0 heterocycles. The van der Waals surface area contributed by atoms with Crippen molar-refractivity contribution in [3.63, 3.8) is 0 Å². The molecule has 1 aliphatic carbocycles. The minimum Gasteiger partial charge on any atom is -0.330 e. The van der Waals surface area contributed by atoms with Crippen LogP contribution in [0.4, 0.5) is 10.5 Å². The van der Waals surface area contributed by atoms with Crippen molar-refractivity contribution >= 4 is 11.7 Å². The molecule has 2 rings (SSSR count). The molecule has 4 heteroatoms. The highest BCUT2D eigenvalue weighted by molar-refractivity contribution is 5.89. The molecule has 0 unspecified atom stereocenters. The number of carbonyl (C=O) groups is 1. The number of rotatable bonds is 5. The van der Waals surface area contributed by atoms with Gasteiger partial charge in [-0.1, -0.05) is 12.1 Å². The van der Waals surface area contributed by atoms with Gasteiger partial charge in [-0.3, -0.25) is 0 Å². The molecule has 0 atom stereocenters. The number of aryl methyl sites for hydroxylation is 1. The Labute approximate surface area is 115 Å². The Morgan fingerprint density at radius 2 is 2.26 bits per heavy atom. The minimum atomic E-state index is 0.00347. The summed E-state index contributed by atoms with van der Waals surface area (Å²) in [5, 5.41) is 2.99. The molecule has 0 spiro atoms. The normalized spacial score (nSPS) is 14.8. The van der Waals surface area contributed by atoms with E-state index in [4.69, 9.17) is 5.73 Å². The van der Waals surface area contributed by atoms with E-state index in [2.05, 4.69) is 5.32 Å².